The molecule has 4 rings (SSSR count). The van der Waals surface area contributed by atoms with Crippen LogP contribution in [0.4, 0.5) is 4.39 Å². The van der Waals surface area contributed by atoms with Gasteiger partial charge >= 0.3 is 11.9 Å². The molecule has 0 aliphatic carbocycles. The van der Waals surface area contributed by atoms with E-state index in [-0.39, 0.29) is 28.4 Å². The van der Waals surface area contributed by atoms with E-state index in [0.717, 1.165) is 23.3 Å². The van der Waals surface area contributed by atoms with Crippen molar-refractivity contribution in [3.63, 3.8) is 0 Å². The van der Waals surface area contributed by atoms with Crippen LogP contribution in [0.25, 0.3) is 11.1 Å². The number of allylic oxidation sites excluding steroid dienone is 1. The number of esters is 2. The maximum Gasteiger partial charge on any atom is 0.344 e. The maximum atomic E-state index is 16.2. The molecule has 55 heavy (non-hydrogen) atoms. The molecular weight excluding hydrogens is 699 g/mol. The number of rotatable bonds is 11. The highest BCUT2D eigenvalue weighted by Crippen LogP contribution is 2.34. The maximum absolute atomic E-state index is 16.2. The van der Waals surface area contributed by atoms with Gasteiger partial charge in [0, 0.05) is 40.5 Å². The minimum absolute atomic E-state index is 0.0964. The SMILES string of the molecule is C=CC(=C)OCOc1c(F)c(C#Cc2ccc(-c3ccc(C#COC(=O)C=C)cc3)cc2)cc(OC(=O)C=C)c1C#Cc1ccc(C#COC(O)C=C)cc1. The normalized spacial score (nSPS) is 9.93. The average Bonchev–Trinajstić information content (AvgIpc) is 3.21. The monoisotopic (exact) mass is 730 g/mol. The zero-order chi connectivity index (χ0) is 39.6. The van der Waals surface area contributed by atoms with Crippen molar-refractivity contribution in [1.29, 1.82) is 0 Å². The van der Waals surface area contributed by atoms with Gasteiger partial charge in [-0.1, -0.05) is 80.8 Å². The second-order valence-electron chi connectivity index (χ2n) is 10.7. The Morgan fingerprint density at radius 1 is 0.709 bits per heavy atom. The summed E-state index contributed by atoms with van der Waals surface area (Å²) < 4.78 is 42.3. The molecule has 0 saturated heterocycles. The first-order valence-corrected chi connectivity index (χ1v) is 16.1. The lowest BCUT2D eigenvalue weighted by atomic mass is 10.0. The first-order valence-electron chi connectivity index (χ1n) is 16.1. The lowest BCUT2D eigenvalue weighted by Crippen LogP contribution is -2.10. The first kappa shape index (κ1) is 39.8. The van der Waals surface area contributed by atoms with Crippen molar-refractivity contribution in [3.05, 3.63) is 181 Å². The number of aliphatic hydroxyl groups excluding tert-OH is 1. The molecule has 0 saturated carbocycles. The molecule has 0 spiro atoms. The number of hydrogen-bond donors (Lipinski definition) is 1. The van der Waals surface area contributed by atoms with E-state index >= 15 is 4.39 Å². The molecule has 8 nitrogen and oxygen atoms in total. The first-order chi connectivity index (χ1) is 26.6. The standard InChI is InChI=1S/C46H31FO8/c1-6-32(5)53-31-54-46-40(25-19-33-10-12-35(13-11-33)26-28-51-42(48)7-2)41(55-44(50)9-4)30-39(45(46)47)24-18-34-14-20-37(21-15-34)38-22-16-36(17-23-38)27-29-52-43(49)8-3/h6-17,20-23,30,42,48H,1-5,31H2. The van der Waals surface area contributed by atoms with Crippen LogP contribution in [0.3, 0.4) is 0 Å². The van der Waals surface area contributed by atoms with Crippen molar-refractivity contribution >= 4 is 11.9 Å². The van der Waals surface area contributed by atoms with Gasteiger partial charge in [-0.2, -0.15) is 0 Å². The second-order valence-corrected chi connectivity index (χ2v) is 10.7. The Bertz CT molecular complexity index is 2380. The van der Waals surface area contributed by atoms with E-state index in [1.807, 2.05) is 24.3 Å². The van der Waals surface area contributed by atoms with E-state index in [4.69, 9.17) is 18.9 Å². The fourth-order valence-electron chi connectivity index (χ4n) is 4.19. The molecule has 1 unspecified atom stereocenters. The minimum atomic E-state index is -1.22. The van der Waals surface area contributed by atoms with Crippen LogP contribution >= 0.6 is 0 Å². The van der Waals surface area contributed by atoms with Crippen LogP contribution in [0.15, 0.2) is 142 Å². The predicted molar refractivity (Wildman–Crippen MR) is 206 cm³/mol. The third-order valence-electron chi connectivity index (χ3n) is 6.99. The number of halogens is 1. The fraction of sp³-hybridized carbons (Fsp3) is 0.0435. The van der Waals surface area contributed by atoms with E-state index in [9.17, 15) is 14.7 Å². The summed E-state index contributed by atoms with van der Waals surface area (Å²) in [5.41, 5.74) is 3.81. The Labute approximate surface area is 318 Å². The predicted octanol–water partition coefficient (Wildman–Crippen LogP) is 7.30. The van der Waals surface area contributed by atoms with Crippen molar-refractivity contribution in [2.24, 2.45) is 0 Å². The number of carbonyl (C=O) groups is 2. The summed E-state index contributed by atoms with van der Waals surface area (Å²) in [4.78, 5) is 23.6. The van der Waals surface area contributed by atoms with Crippen LogP contribution < -0.4 is 9.47 Å². The van der Waals surface area contributed by atoms with Crippen molar-refractivity contribution in [1.82, 2.24) is 0 Å². The number of ether oxygens (including phenoxy) is 5. The molecule has 0 bridgehead atoms. The largest absolute Gasteiger partial charge is 0.458 e. The number of carbonyl (C=O) groups excluding carboxylic acids is 2. The van der Waals surface area contributed by atoms with Gasteiger partial charge in [0.2, 0.25) is 13.1 Å². The van der Waals surface area contributed by atoms with E-state index in [1.54, 1.807) is 48.5 Å². The van der Waals surface area contributed by atoms with Gasteiger partial charge in [0.15, 0.2) is 17.3 Å². The van der Waals surface area contributed by atoms with Crippen molar-refractivity contribution in [3.8, 4) is 70.4 Å². The zero-order valence-electron chi connectivity index (χ0n) is 29.3. The quantitative estimate of drug-likeness (QED) is 0.0251. The number of benzene rings is 4. The summed E-state index contributed by atoms with van der Waals surface area (Å²) >= 11 is 0. The highest BCUT2D eigenvalue weighted by molar-refractivity contribution is 5.84. The van der Waals surface area contributed by atoms with Crippen LogP contribution in [0.5, 0.6) is 11.5 Å². The summed E-state index contributed by atoms with van der Waals surface area (Å²) in [6, 6.07) is 22.4. The molecule has 0 fully saturated rings. The molecule has 0 aliphatic rings. The van der Waals surface area contributed by atoms with Crippen molar-refractivity contribution in [2.45, 2.75) is 6.29 Å². The molecule has 0 radical (unpaired) electrons. The van der Waals surface area contributed by atoms with E-state index < -0.39 is 30.8 Å². The molecule has 9 heteroatoms. The van der Waals surface area contributed by atoms with Gasteiger partial charge < -0.3 is 28.8 Å². The Morgan fingerprint density at radius 3 is 1.78 bits per heavy atom. The fourth-order valence-corrected chi connectivity index (χ4v) is 4.19. The van der Waals surface area contributed by atoms with Crippen molar-refractivity contribution < 1.29 is 42.8 Å². The highest BCUT2D eigenvalue weighted by Gasteiger charge is 2.21. The van der Waals surface area contributed by atoms with Crippen LogP contribution in [0, 0.1) is 53.6 Å². The summed E-state index contributed by atoms with van der Waals surface area (Å²) in [7, 11) is 0. The van der Waals surface area contributed by atoms with Gasteiger partial charge in [-0.3, -0.25) is 0 Å². The minimum Gasteiger partial charge on any atom is -0.458 e. The third kappa shape index (κ3) is 12.1. The van der Waals surface area contributed by atoms with Crippen LogP contribution in [0.1, 0.15) is 33.4 Å². The third-order valence-corrected chi connectivity index (χ3v) is 6.99. The summed E-state index contributed by atoms with van der Waals surface area (Å²) in [6.07, 6.45) is 8.00. The van der Waals surface area contributed by atoms with Crippen LogP contribution in [-0.4, -0.2) is 30.1 Å². The zero-order valence-corrected chi connectivity index (χ0v) is 29.3. The average molecular weight is 731 g/mol. The van der Waals surface area contributed by atoms with Gasteiger partial charge in [-0.25, -0.2) is 14.0 Å². The number of aliphatic hydroxyl groups is 1. The van der Waals surface area contributed by atoms with E-state index in [2.05, 4.69) is 85.4 Å². The van der Waals surface area contributed by atoms with Gasteiger partial charge in [0.25, 0.3) is 0 Å². The van der Waals surface area contributed by atoms with Gasteiger partial charge in [-0.05, 0) is 83.7 Å². The molecule has 0 amide bonds. The van der Waals surface area contributed by atoms with Gasteiger partial charge in [-0.15, -0.1) is 0 Å². The molecule has 1 atom stereocenters. The van der Waals surface area contributed by atoms with Crippen LogP contribution in [-0.2, 0) is 23.8 Å². The van der Waals surface area contributed by atoms with Crippen molar-refractivity contribution in [2.75, 3.05) is 6.79 Å². The van der Waals surface area contributed by atoms with Crippen LogP contribution in [0.2, 0.25) is 0 Å². The Morgan fingerprint density at radius 2 is 1.24 bits per heavy atom. The molecule has 0 aromatic heterocycles. The van der Waals surface area contributed by atoms with Gasteiger partial charge in [0.05, 0.1) is 5.56 Å². The second kappa shape index (κ2) is 20.2. The lowest BCUT2D eigenvalue weighted by molar-refractivity contribution is -0.131. The summed E-state index contributed by atoms with van der Waals surface area (Å²) in [6.45, 7) is 16.9. The van der Waals surface area contributed by atoms with Gasteiger partial charge in [0.1, 0.15) is 23.5 Å². The molecule has 4 aromatic carbocycles. The molecular formula is C46H31FO8. The van der Waals surface area contributed by atoms with E-state index in [0.29, 0.717) is 22.3 Å². The topological polar surface area (TPSA) is 101 Å². The molecule has 270 valence electrons. The molecule has 0 heterocycles. The highest BCUT2D eigenvalue weighted by atomic mass is 19.1. The molecule has 1 N–H and O–H groups in total. The summed E-state index contributed by atoms with van der Waals surface area (Å²) in [5, 5.41) is 9.40. The Kier molecular flexibility index (Phi) is 14.6. The Hall–Kier alpha value is -7.95. The summed E-state index contributed by atoms with van der Waals surface area (Å²) in [5.74, 6) is 14.3. The smallest absolute Gasteiger partial charge is 0.344 e. The van der Waals surface area contributed by atoms with E-state index in [1.165, 1.54) is 18.2 Å². The molecule has 0 aliphatic heterocycles. The molecule has 4 aromatic rings. The lowest BCUT2D eigenvalue weighted by Gasteiger charge is -2.14. The number of hydrogen-bond acceptors (Lipinski definition) is 8. The Balaban J connectivity index is 1.67.